The molecule has 6 heteroatoms. The molecule has 1 unspecified atom stereocenters. The summed E-state index contributed by atoms with van der Waals surface area (Å²) in [6.07, 6.45) is 0. The molecule has 0 radical (unpaired) electrons. The van der Waals surface area contributed by atoms with Crippen molar-refractivity contribution in [2.45, 2.75) is 31.7 Å². The number of rotatable bonds is 5. The highest BCUT2D eigenvalue weighted by Crippen LogP contribution is 2.20. The van der Waals surface area contributed by atoms with Gasteiger partial charge in [0.05, 0.1) is 11.5 Å². The van der Waals surface area contributed by atoms with Crippen LogP contribution in [-0.4, -0.2) is 26.2 Å². The van der Waals surface area contributed by atoms with Crippen molar-refractivity contribution in [2.24, 2.45) is 5.92 Å². The molecule has 0 heterocycles. The van der Waals surface area contributed by atoms with Gasteiger partial charge in [0.15, 0.2) is 0 Å². The van der Waals surface area contributed by atoms with E-state index < -0.39 is 16.1 Å². The van der Waals surface area contributed by atoms with Crippen LogP contribution in [0.5, 0.6) is 0 Å². The maximum Gasteiger partial charge on any atom is 0.241 e. The molecule has 1 aromatic rings. The molecular weight excluding hydrogens is 274 g/mol. The molecule has 0 bridgehead atoms. The lowest BCUT2D eigenvalue weighted by atomic mass is 10.1. The molecule has 0 aliphatic heterocycles. The number of aliphatic hydroxyl groups is 1. The van der Waals surface area contributed by atoms with E-state index >= 15 is 0 Å². The molecule has 0 fully saturated rings. The SMILES string of the molecule is Cc1cc(Cl)ccc1S(=O)(=O)NC(CO)C(C)C. The molecule has 4 nitrogen and oxygen atoms in total. The van der Waals surface area contributed by atoms with Crippen molar-refractivity contribution in [1.29, 1.82) is 0 Å². The highest BCUT2D eigenvalue weighted by molar-refractivity contribution is 7.89. The number of benzene rings is 1. The fourth-order valence-electron chi connectivity index (χ4n) is 1.56. The van der Waals surface area contributed by atoms with Crippen LogP contribution in [0.3, 0.4) is 0 Å². The summed E-state index contributed by atoms with van der Waals surface area (Å²) in [5, 5.41) is 9.67. The van der Waals surface area contributed by atoms with Gasteiger partial charge in [0, 0.05) is 11.1 Å². The van der Waals surface area contributed by atoms with Crippen LogP contribution >= 0.6 is 11.6 Å². The normalized spacial score (nSPS) is 13.9. The summed E-state index contributed by atoms with van der Waals surface area (Å²) in [7, 11) is -3.63. The molecule has 0 spiro atoms. The second kappa shape index (κ2) is 6.02. The zero-order valence-electron chi connectivity index (χ0n) is 10.6. The summed E-state index contributed by atoms with van der Waals surface area (Å²) in [5.41, 5.74) is 0.579. The van der Waals surface area contributed by atoms with E-state index in [1.165, 1.54) is 12.1 Å². The summed E-state index contributed by atoms with van der Waals surface area (Å²) >= 11 is 5.80. The largest absolute Gasteiger partial charge is 0.395 e. The minimum atomic E-state index is -3.63. The topological polar surface area (TPSA) is 66.4 Å². The van der Waals surface area contributed by atoms with Gasteiger partial charge in [-0.05, 0) is 36.6 Å². The van der Waals surface area contributed by atoms with Gasteiger partial charge in [-0.25, -0.2) is 13.1 Å². The van der Waals surface area contributed by atoms with Gasteiger partial charge in [-0.1, -0.05) is 25.4 Å². The molecule has 0 saturated heterocycles. The minimum Gasteiger partial charge on any atom is -0.395 e. The van der Waals surface area contributed by atoms with Crippen LogP contribution in [0, 0.1) is 12.8 Å². The third-order valence-corrected chi connectivity index (χ3v) is 4.62. The van der Waals surface area contributed by atoms with Gasteiger partial charge in [0.2, 0.25) is 10.0 Å². The average Bonchev–Trinajstić information content (AvgIpc) is 2.24. The zero-order valence-corrected chi connectivity index (χ0v) is 12.2. The summed E-state index contributed by atoms with van der Waals surface area (Å²) in [6.45, 7) is 5.14. The molecule has 2 N–H and O–H groups in total. The Balaban J connectivity index is 3.06. The number of aliphatic hydroxyl groups excluding tert-OH is 1. The van der Waals surface area contributed by atoms with Crippen molar-refractivity contribution in [3.8, 4) is 0 Å². The Morgan fingerprint density at radius 2 is 2.00 bits per heavy atom. The first kappa shape index (κ1) is 15.4. The van der Waals surface area contributed by atoms with E-state index in [1.807, 2.05) is 13.8 Å². The molecule has 1 atom stereocenters. The van der Waals surface area contributed by atoms with E-state index in [-0.39, 0.29) is 17.4 Å². The van der Waals surface area contributed by atoms with Gasteiger partial charge in [-0.3, -0.25) is 0 Å². The van der Waals surface area contributed by atoms with Crippen molar-refractivity contribution in [3.63, 3.8) is 0 Å². The lowest BCUT2D eigenvalue weighted by Crippen LogP contribution is -2.41. The van der Waals surface area contributed by atoms with Crippen LogP contribution in [0.25, 0.3) is 0 Å². The molecule has 18 heavy (non-hydrogen) atoms. The Hall–Kier alpha value is -0.620. The standard InChI is InChI=1S/C12H18ClNO3S/c1-8(2)11(7-15)14-18(16,17)12-5-4-10(13)6-9(12)3/h4-6,8,11,14-15H,7H2,1-3H3. The molecule has 1 rings (SSSR count). The minimum absolute atomic E-state index is 0.0115. The summed E-state index contributed by atoms with van der Waals surface area (Å²) in [4.78, 5) is 0.186. The van der Waals surface area contributed by atoms with Crippen molar-refractivity contribution in [1.82, 2.24) is 4.72 Å². The van der Waals surface area contributed by atoms with Gasteiger partial charge in [0.25, 0.3) is 0 Å². The first-order valence-corrected chi connectivity index (χ1v) is 7.53. The third kappa shape index (κ3) is 3.68. The molecular formula is C12H18ClNO3S. The van der Waals surface area contributed by atoms with Crippen molar-refractivity contribution in [2.75, 3.05) is 6.61 Å². The number of aryl methyl sites for hydroxylation is 1. The van der Waals surface area contributed by atoms with E-state index in [1.54, 1.807) is 13.0 Å². The lowest BCUT2D eigenvalue weighted by Gasteiger charge is -2.20. The first-order chi connectivity index (χ1) is 8.27. The highest BCUT2D eigenvalue weighted by Gasteiger charge is 2.23. The number of hydrogen-bond acceptors (Lipinski definition) is 3. The fourth-order valence-corrected chi connectivity index (χ4v) is 3.39. The molecule has 1 aromatic carbocycles. The molecule has 0 aliphatic carbocycles. The monoisotopic (exact) mass is 291 g/mol. The summed E-state index contributed by atoms with van der Waals surface area (Å²) < 4.78 is 26.8. The Bertz CT molecular complexity index is 514. The number of hydrogen-bond donors (Lipinski definition) is 2. The van der Waals surface area contributed by atoms with Crippen LogP contribution in [0.2, 0.25) is 5.02 Å². The number of nitrogens with one attached hydrogen (secondary N) is 1. The predicted octanol–water partition coefficient (Wildman–Crippen LogP) is 1.94. The molecule has 0 amide bonds. The molecule has 0 saturated carbocycles. The van der Waals surface area contributed by atoms with Crippen LogP contribution in [-0.2, 0) is 10.0 Å². The highest BCUT2D eigenvalue weighted by atomic mass is 35.5. The maximum atomic E-state index is 12.2. The second-order valence-electron chi connectivity index (χ2n) is 4.56. The maximum absolute atomic E-state index is 12.2. The molecule has 0 aliphatic rings. The van der Waals surface area contributed by atoms with E-state index in [0.717, 1.165) is 0 Å². The number of sulfonamides is 1. The van der Waals surface area contributed by atoms with E-state index in [2.05, 4.69) is 4.72 Å². The fraction of sp³-hybridized carbons (Fsp3) is 0.500. The van der Waals surface area contributed by atoms with Crippen LogP contribution in [0.15, 0.2) is 23.1 Å². The first-order valence-electron chi connectivity index (χ1n) is 5.67. The van der Waals surface area contributed by atoms with Gasteiger partial charge in [-0.2, -0.15) is 0 Å². The van der Waals surface area contributed by atoms with Gasteiger partial charge in [0.1, 0.15) is 0 Å². The third-order valence-electron chi connectivity index (χ3n) is 2.73. The van der Waals surface area contributed by atoms with Crippen molar-refractivity contribution < 1.29 is 13.5 Å². The van der Waals surface area contributed by atoms with Gasteiger partial charge in [-0.15, -0.1) is 0 Å². The number of halogens is 1. The van der Waals surface area contributed by atoms with Crippen LogP contribution < -0.4 is 4.72 Å². The Labute approximate surface area is 113 Å². The zero-order chi connectivity index (χ0) is 13.9. The smallest absolute Gasteiger partial charge is 0.241 e. The average molecular weight is 292 g/mol. The lowest BCUT2D eigenvalue weighted by molar-refractivity contribution is 0.227. The Morgan fingerprint density at radius 1 is 1.39 bits per heavy atom. The Kier molecular flexibility index (Phi) is 5.16. The van der Waals surface area contributed by atoms with E-state index in [4.69, 9.17) is 11.6 Å². The quantitative estimate of drug-likeness (QED) is 0.871. The van der Waals surface area contributed by atoms with E-state index in [0.29, 0.717) is 10.6 Å². The van der Waals surface area contributed by atoms with Crippen LogP contribution in [0.4, 0.5) is 0 Å². The summed E-state index contributed by atoms with van der Waals surface area (Å²) in [5.74, 6) is 0.0115. The molecule has 102 valence electrons. The van der Waals surface area contributed by atoms with Gasteiger partial charge >= 0.3 is 0 Å². The van der Waals surface area contributed by atoms with Gasteiger partial charge < -0.3 is 5.11 Å². The Morgan fingerprint density at radius 3 is 2.44 bits per heavy atom. The van der Waals surface area contributed by atoms with E-state index in [9.17, 15) is 13.5 Å². The predicted molar refractivity (Wildman–Crippen MR) is 72.2 cm³/mol. The summed E-state index contributed by atoms with van der Waals surface area (Å²) in [6, 6.07) is 4.10. The van der Waals surface area contributed by atoms with Crippen molar-refractivity contribution in [3.05, 3.63) is 28.8 Å². The van der Waals surface area contributed by atoms with Crippen LogP contribution in [0.1, 0.15) is 19.4 Å². The second-order valence-corrected chi connectivity index (χ2v) is 6.68. The van der Waals surface area contributed by atoms with Crippen molar-refractivity contribution >= 4 is 21.6 Å². The molecule has 0 aromatic heterocycles.